The van der Waals surface area contributed by atoms with Gasteiger partial charge in [0, 0.05) is 32.0 Å². The molecule has 4 rings (SSSR count). The molecule has 1 fully saturated rings. The summed E-state index contributed by atoms with van der Waals surface area (Å²) in [4.78, 5) is 18.9. The first-order valence-corrected chi connectivity index (χ1v) is 9.19. The first-order chi connectivity index (χ1) is 13.3. The minimum absolute atomic E-state index is 0.00169. The van der Waals surface area contributed by atoms with E-state index in [1.807, 2.05) is 48.5 Å². The van der Waals surface area contributed by atoms with Gasteiger partial charge in [-0.25, -0.2) is 0 Å². The molecule has 6 nitrogen and oxygen atoms in total. The number of nitrogens with zero attached hydrogens (tertiary/aromatic N) is 3. The van der Waals surface area contributed by atoms with Crippen molar-refractivity contribution in [2.75, 3.05) is 13.1 Å². The molecule has 1 aliphatic rings. The number of hydrogen-bond acceptors (Lipinski definition) is 5. The molecule has 6 heteroatoms. The third-order valence-electron chi connectivity index (χ3n) is 4.78. The van der Waals surface area contributed by atoms with Crippen LogP contribution in [-0.2, 0) is 17.8 Å². The van der Waals surface area contributed by atoms with Crippen molar-refractivity contribution in [2.45, 2.75) is 25.4 Å². The van der Waals surface area contributed by atoms with E-state index in [2.05, 4.69) is 32.5 Å². The maximum absolute atomic E-state index is 12.1. The van der Waals surface area contributed by atoms with Crippen LogP contribution in [0.3, 0.4) is 0 Å². The molecule has 1 aliphatic heterocycles. The molecule has 0 aliphatic carbocycles. The lowest BCUT2D eigenvalue weighted by molar-refractivity contribution is -0.121. The average Bonchev–Trinajstić information content (AvgIpc) is 3.05. The highest BCUT2D eigenvalue weighted by atomic mass is 16.5. The number of amides is 1. The molecule has 0 spiro atoms. The molecule has 1 saturated heterocycles. The smallest absolute Gasteiger partial charge is 0.240 e. The van der Waals surface area contributed by atoms with Crippen LogP contribution in [0, 0.1) is 0 Å². The van der Waals surface area contributed by atoms with Gasteiger partial charge in [0.2, 0.25) is 11.8 Å². The van der Waals surface area contributed by atoms with E-state index in [0.717, 1.165) is 17.7 Å². The van der Waals surface area contributed by atoms with E-state index in [9.17, 15) is 4.79 Å². The Bertz CT molecular complexity index is 879. The second-order valence-electron chi connectivity index (χ2n) is 6.72. The van der Waals surface area contributed by atoms with Gasteiger partial charge in [0.25, 0.3) is 0 Å². The van der Waals surface area contributed by atoms with Gasteiger partial charge in [-0.2, -0.15) is 4.98 Å². The van der Waals surface area contributed by atoms with E-state index in [1.54, 1.807) is 0 Å². The predicted octanol–water partition coefficient (Wildman–Crippen LogP) is 2.72. The lowest BCUT2D eigenvalue weighted by atomic mass is 10.0. The number of benzene rings is 2. The van der Waals surface area contributed by atoms with Gasteiger partial charge in [-0.05, 0) is 11.1 Å². The highest BCUT2D eigenvalue weighted by Gasteiger charge is 2.27. The van der Waals surface area contributed by atoms with Crippen molar-refractivity contribution in [3.05, 3.63) is 83.5 Å². The molecule has 0 bridgehead atoms. The fraction of sp³-hybridized carbons (Fsp3) is 0.286. The van der Waals surface area contributed by atoms with Gasteiger partial charge in [0.1, 0.15) is 0 Å². The molecule has 1 N–H and O–H groups in total. The predicted molar refractivity (Wildman–Crippen MR) is 101 cm³/mol. The normalized spacial score (nSPS) is 18.1. The second-order valence-corrected chi connectivity index (χ2v) is 6.72. The van der Waals surface area contributed by atoms with Crippen molar-refractivity contribution in [1.82, 2.24) is 20.4 Å². The Hall–Kier alpha value is -2.99. The molecule has 1 atom stereocenters. The summed E-state index contributed by atoms with van der Waals surface area (Å²) >= 11 is 0. The largest absolute Gasteiger partial charge is 0.355 e. The lowest BCUT2D eigenvalue weighted by Gasteiger charge is -2.27. The van der Waals surface area contributed by atoms with Gasteiger partial charge in [-0.1, -0.05) is 65.8 Å². The number of carbonyl (C=O) groups is 1. The summed E-state index contributed by atoms with van der Waals surface area (Å²) in [5.41, 5.74) is 2.27. The number of rotatable bonds is 5. The summed E-state index contributed by atoms with van der Waals surface area (Å²) in [6.45, 7) is 1.88. The molecular formula is C21H22N4O2. The van der Waals surface area contributed by atoms with Crippen LogP contribution in [-0.4, -0.2) is 34.0 Å². The highest BCUT2D eigenvalue weighted by Crippen LogP contribution is 2.27. The number of aromatic nitrogens is 2. The van der Waals surface area contributed by atoms with Crippen molar-refractivity contribution in [2.24, 2.45) is 0 Å². The van der Waals surface area contributed by atoms with Crippen LogP contribution in [0.25, 0.3) is 0 Å². The summed E-state index contributed by atoms with van der Waals surface area (Å²) in [5, 5.41) is 7.07. The Labute approximate surface area is 158 Å². The molecule has 1 amide bonds. The van der Waals surface area contributed by atoms with E-state index in [4.69, 9.17) is 4.52 Å². The van der Waals surface area contributed by atoms with Crippen LogP contribution in [0.15, 0.2) is 65.2 Å². The average molecular weight is 362 g/mol. The zero-order valence-electron chi connectivity index (χ0n) is 15.0. The number of nitrogens with one attached hydrogen (secondary N) is 1. The topological polar surface area (TPSA) is 71.3 Å². The van der Waals surface area contributed by atoms with Crippen molar-refractivity contribution < 1.29 is 9.32 Å². The SMILES string of the molecule is O=C1C[C@H](c2ccccc2)N(Cc2nc(Cc3ccccc3)no2)CCN1. The van der Waals surface area contributed by atoms with E-state index < -0.39 is 0 Å². The van der Waals surface area contributed by atoms with E-state index >= 15 is 0 Å². The van der Waals surface area contributed by atoms with Crippen LogP contribution >= 0.6 is 0 Å². The van der Waals surface area contributed by atoms with Gasteiger partial charge in [-0.3, -0.25) is 9.69 Å². The highest BCUT2D eigenvalue weighted by molar-refractivity contribution is 5.77. The van der Waals surface area contributed by atoms with Crippen molar-refractivity contribution in [3.63, 3.8) is 0 Å². The molecule has 0 unspecified atom stereocenters. The van der Waals surface area contributed by atoms with Gasteiger partial charge in [0.15, 0.2) is 5.82 Å². The minimum Gasteiger partial charge on any atom is -0.355 e. The van der Waals surface area contributed by atoms with Crippen molar-refractivity contribution in [3.8, 4) is 0 Å². The molecule has 2 heterocycles. The molecule has 27 heavy (non-hydrogen) atoms. The lowest BCUT2D eigenvalue weighted by Crippen LogP contribution is -2.30. The standard InChI is InChI=1S/C21H22N4O2/c26-20-14-18(17-9-5-2-6-10-17)25(12-11-22-20)15-21-23-19(24-27-21)13-16-7-3-1-4-8-16/h1-10,18H,11-15H2,(H,22,26)/t18-/m1/s1. The van der Waals surface area contributed by atoms with E-state index in [1.165, 1.54) is 0 Å². The third kappa shape index (κ3) is 4.41. The Morgan fingerprint density at radius 1 is 1.07 bits per heavy atom. The first-order valence-electron chi connectivity index (χ1n) is 9.19. The van der Waals surface area contributed by atoms with Crippen molar-refractivity contribution >= 4 is 5.91 Å². The molecule has 138 valence electrons. The zero-order chi connectivity index (χ0) is 18.5. The number of carbonyl (C=O) groups excluding carboxylic acids is 1. The quantitative estimate of drug-likeness (QED) is 0.756. The molecular weight excluding hydrogens is 340 g/mol. The second kappa shape index (κ2) is 8.14. The van der Waals surface area contributed by atoms with Gasteiger partial charge in [-0.15, -0.1) is 0 Å². The van der Waals surface area contributed by atoms with Crippen LogP contribution < -0.4 is 5.32 Å². The van der Waals surface area contributed by atoms with Gasteiger partial charge >= 0.3 is 0 Å². The summed E-state index contributed by atoms with van der Waals surface area (Å²) in [6, 6.07) is 20.2. The summed E-state index contributed by atoms with van der Waals surface area (Å²) < 4.78 is 5.48. The Morgan fingerprint density at radius 3 is 2.59 bits per heavy atom. The van der Waals surface area contributed by atoms with Crippen LogP contribution in [0.5, 0.6) is 0 Å². The summed E-state index contributed by atoms with van der Waals surface area (Å²) in [7, 11) is 0. The van der Waals surface area contributed by atoms with E-state index in [0.29, 0.717) is 37.6 Å². The maximum atomic E-state index is 12.1. The molecule has 2 aromatic carbocycles. The van der Waals surface area contributed by atoms with Gasteiger partial charge in [0.05, 0.1) is 6.54 Å². The van der Waals surface area contributed by atoms with Crippen LogP contribution in [0.2, 0.25) is 0 Å². The Morgan fingerprint density at radius 2 is 1.81 bits per heavy atom. The minimum atomic E-state index is -0.00169. The fourth-order valence-electron chi connectivity index (χ4n) is 3.44. The summed E-state index contributed by atoms with van der Waals surface area (Å²) in [6.07, 6.45) is 1.07. The third-order valence-corrected chi connectivity index (χ3v) is 4.78. The van der Waals surface area contributed by atoms with Crippen molar-refractivity contribution in [1.29, 1.82) is 0 Å². The van der Waals surface area contributed by atoms with E-state index in [-0.39, 0.29) is 11.9 Å². The monoisotopic (exact) mass is 362 g/mol. The first kappa shape index (κ1) is 17.4. The zero-order valence-corrected chi connectivity index (χ0v) is 15.0. The van der Waals surface area contributed by atoms with Gasteiger partial charge < -0.3 is 9.84 Å². The fourth-order valence-corrected chi connectivity index (χ4v) is 3.44. The molecule has 3 aromatic rings. The molecule has 0 radical (unpaired) electrons. The number of hydrogen-bond donors (Lipinski definition) is 1. The Kier molecular flexibility index (Phi) is 5.25. The Balaban J connectivity index is 1.50. The molecule has 1 aromatic heterocycles. The molecule has 0 saturated carbocycles. The van der Waals surface area contributed by atoms with Crippen LogP contribution in [0.4, 0.5) is 0 Å². The summed E-state index contributed by atoms with van der Waals surface area (Å²) in [5.74, 6) is 1.33. The van der Waals surface area contributed by atoms with Crippen LogP contribution in [0.1, 0.15) is 35.3 Å². The maximum Gasteiger partial charge on any atom is 0.240 e.